The van der Waals surface area contributed by atoms with Gasteiger partial charge < -0.3 is 9.47 Å². The second-order valence-electron chi connectivity index (χ2n) is 5.12. The van der Waals surface area contributed by atoms with Crippen LogP contribution in [0.2, 0.25) is 0 Å². The van der Waals surface area contributed by atoms with Crippen LogP contribution in [0.15, 0.2) is 30.4 Å². The third-order valence-electron chi connectivity index (χ3n) is 3.50. The minimum absolute atomic E-state index is 0.00738. The Kier molecular flexibility index (Phi) is 4.41. The molecule has 8 heteroatoms. The molecule has 2 aliphatic rings. The molecule has 6 nitrogen and oxygen atoms in total. The van der Waals surface area contributed by atoms with Crippen molar-refractivity contribution in [3.63, 3.8) is 0 Å². The number of carbonyl (C=O) groups is 2. The van der Waals surface area contributed by atoms with E-state index in [1.54, 1.807) is 0 Å². The lowest BCUT2D eigenvalue weighted by Crippen LogP contribution is -2.53. The number of thiocarbonyl (C=S) groups is 1. The van der Waals surface area contributed by atoms with E-state index in [0.29, 0.717) is 11.3 Å². The fourth-order valence-electron chi connectivity index (χ4n) is 2.46. The van der Waals surface area contributed by atoms with E-state index in [0.717, 1.165) is 0 Å². The number of halogens is 1. The predicted molar refractivity (Wildman–Crippen MR) is 87.3 cm³/mol. The number of hydrogen-bond acceptors (Lipinski definition) is 5. The van der Waals surface area contributed by atoms with Crippen LogP contribution in [-0.4, -0.2) is 35.2 Å². The van der Waals surface area contributed by atoms with Crippen LogP contribution in [-0.2, 0) is 20.9 Å². The molecule has 0 spiro atoms. The van der Waals surface area contributed by atoms with Crippen molar-refractivity contribution in [2.75, 3.05) is 13.3 Å². The van der Waals surface area contributed by atoms with Gasteiger partial charge in [0.1, 0.15) is 17.1 Å². The molecule has 1 N–H and O–H groups in total. The van der Waals surface area contributed by atoms with Gasteiger partial charge in [0.05, 0.1) is 6.61 Å². The van der Waals surface area contributed by atoms with Crippen LogP contribution in [0.4, 0.5) is 4.39 Å². The van der Waals surface area contributed by atoms with Crippen LogP contribution >= 0.6 is 12.2 Å². The third-order valence-corrected chi connectivity index (χ3v) is 3.82. The number of benzene rings is 1. The van der Waals surface area contributed by atoms with Gasteiger partial charge in [-0.3, -0.25) is 19.8 Å². The van der Waals surface area contributed by atoms with E-state index in [9.17, 15) is 14.0 Å². The summed E-state index contributed by atoms with van der Waals surface area (Å²) in [6.07, 6.45) is 2.78. The summed E-state index contributed by atoms with van der Waals surface area (Å²) >= 11 is 4.98. The maximum absolute atomic E-state index is 13.8. The van der Waals surface area contributed by atoms with Crippen molar-refractivity contribution >= 4 is 35.2 Å². The van der Waals surface area contributed by atoms with Gasteiger partial charge in [-0.15, -0.1) is 6.58 Å². The molecule has 2 amide bonds. The van der Waals surface area contributed by atoms with E-state index in [-0.39, 0.29) is 36.2 Å². The van der Waals surface area contributed by atoms with Gasteiger partial charge >= 0.3 is 0 Å². The zero-order chi connectivity index (χ0) is 17.3. The Morgan fingerprint density at radius 1 is 1.42 bits per heavy atom. The quantitative estimate of drug-likeness (QED) is 0.388. The van der Waals surface area contributed by atoms with Crippen molar-refractivity contribution in [3.05, 3.63) is 47.3 Å². The Bertz CT molecular complexity index is 791. The standard InChI is InChI=1S/C16H13FN2O4S/c1-2-3-19-15(21)12(14(20)18-16(19)24)6-9-4-11(17)5-10-7-22-8-23-13(9)10/h2,4-6H,1,3,7-8H2,(H,18,20,24). The second-order valence-corrected chi connectivity index (χ2v) is 5.50. The maximum Gasteiger partial charge on any atom is 0.265 e. The summed E-state index contributed by atoms with van der Waals surface area (Å²) in [7, 11) is 0. The lowest BCUT2D eigenvalue weighted by atomic mass is 10.0. The topological polar surface area (TPSA) is 67.9 Å². The Balaban J connectivity index is 2.05. The lowest BCUT2D eigenvalue weighted by molar-refractivity contribution is -0.128. The first-order valence-corrected chi connectivity index (χ1v) is 7.45. The van der Waals surface area contributed by atoms with Gasteiger partial charge in [0.25, 0.3) is 11.8 Å². The molecule has 1 aromatic carbocycles. The van der Waals surface area contributed by atoms with Gasteiger partial charge in [0.15, 0.2) is 11.9 Å². The molecule has 0 aromatic heterocycles. The van der Waals surface area contributed by atoms with Crippen LogP contribution in [0.25, 0.3) is 6.08 Å². The highest BCUT2D eigenvalue weighted by Gasteiger charge is 2.33. The first-order chi connectivity index (χ1) is 11.5. The first-order valence-electron chi connectivity index (χ1n) is 7.04. The smallest absolute Gasteiger partial charge is 0.265 e. The Morgan fingerprint density at radius 3 is 2.96 bits per heavy atom. The zero-order valence-electron chi connectivity index (χ0n) is 12.5. The van der Waals surface area contributed by atoms with E-state index in [1.807, 2.05) is 0 Å². The number of fused-ring (bicyclic) bond motifs is 1. The summed E-state index contributed by atoms with van der Waals surface area (Å²) in [5, 5.41) is 2.44. The van der Waals surface area contributed by atoms with Gasteiger partial charge in [-0.1, -0.05) is 6.08 Å². The van der Waals surface area contributed by atoms with Crippen LogP contribution in [0.5, 0.6) is 5.75 Å². The summed E-state index contributed by atoms with van der Waals surface area (Å²) < 4.78 is 24.3. The fourth-order valence-corrected chi connectivity index (χ4v) is 2.71. The fraction of sp³-hybridized carbons (Fsp3) is 0.188. The molecule has 1 saturated heterocycles. The van der Waals surface area contributed by atoms with E-state index < -0.39 is 17.6 Å². The molecule has 3 rings (SSSR count). The molecule has 0 aliphatic carbocycles. The summed E-state index contributed by atoms with van der Waals surface area (Å²) in [5.74, 6) is -1.35. The van der Waals surface area contributed by atoms with Gasteiger partial charge in [-0.05, 0) is 30.4 Å². The van der Waals surface area contributed by atoms with Gasteiger partial charge in [0.2, 0.25) is 0 Å². The Labute approximate surface area is 142 Å². The molecule has 2 aliphatic heterocycles. The molecule has 0 radical (unpaired) electrons. The highest BCUT2D eigenvalue weighted by atomic mass is 32.1. The number of ether oxygens (including phenoxy) is 2. The van der Waals surface area contributed by atoms with Crippen LogP contribution in [0.3, 0.4) is 0 Å². The Hall–Kier alpha value is -2.58. The van der Waals surface area contributed by atoms with E-state index in [4.69, 9.17) is 21.7 Å². The SMILES string of the molecule is C=CCN1C(=O)C(=Cc2cc(F)cc3c2OCOC3)C(=O)NC1=S. The number of rotatable bonds is 3. The monoisotopic (exact) mass is 348 g/mol. The number of hydrogen-bond donors (Lipinski definition) is 1. The van der Waals surface area contributed by atoms with Crippen molar-refractivity contribution in [1.29, 1.82) is 0 Å². The first kappa shape index (κ1) is 16.3. The third kappa shape index (κ3) is 2.93. The molecule has 0 saturated carbocycles. The molecule has 1 aromatic rings. The molecule has 2 heterocycles. The normalized spacial score (nSPS) is 19.0. The average Bonchev–Trinajstić information content (AvgIpc) is 2.55. The Morgan fingerprint density at radius 2 is 2.21 bits per heavy atom. The average molecular weight is 348 g/mol. The minimum atomic E-state index is -0.643. The maximum atomic E-state index is 13.8. The zero-order valence-corrected chi connectivity index (χ0v) is 13.3. The van der Waals surface area contributed by atoms with Crippen LogP contribution in [0, 0.1) is 5.82 Å². The van der Waals surface area contributed by atoms with Gasteiger partial charge in [-0.25, -0.2) is 4.39 Å². The number of carbonyl (C=O) groups excluding carboxylic acids is 2. The molecular formula is C16H13FN2O4S. The molecule has 24 heavy (non-hydrogen) atoms. The van der Waals surface area contributed by atoms with Gasteiger partial charge in [-0.2, -0.15) is 0 Å². The highest BCUT2D eigenvalue weighted by Crippen LogP contribution is 2.31. The van der Waals surface area contributed by atoms with E-state index in [2.05, 4.69) is 11.9 Å². The van der Waals surface area contributed by atoms with Crippen molar-refractivity contribution < 1.29 is 23.5 Å². The molecular weight excluding hydrogens is 335 g/mol. The van der Waals surface area contributed by atoms with E-state index in [1.165, 1.54) is 29.2 Å². The molecule has 1 fully saturated rings. The number of nitrogens with one attached hydrogen (secondary N) is 1. The summed E-state index contributed by atoms with van der Waals surface area (Å²) in [6, 6.07) is 2.49. The largest absolute Gasteiger partial charge is 0.467 e. The van der Waals surface area contributed by atoms with Gasteiger partial charge in [0, 0.05) is 17.7 Å². The molecule has 0 unspecified atom stereocenters. The summed E-state index contributed by atoms with van der Waals surface area (Å²) in [5.41, 5.74) is 0.641. The predicted octanol–water partition coefficient (Wildman–Crippen LogP) is 1.50. The van der Waals surface area contributed by atoms with E-state index >= 15 is 0 Å². The number of amides is 2. The summed E-state index contributed by atoms with van der Waals surface area (Å²) in [6.45, 7) is 3.91. The summed E-state index contributed by atoms with van der Waals surface area (Å²) in [4.78, 5) is 25.8. The number of nitrogens with zero attached hydrogens (tertiary/aromatic N) is 1. The molecule has 124 valence electrons. The lowest BCUT2D eigenvalue weighted by Gasteiger charge is -2.28. The molecule has 0 bridgehead atoms. The van der Waals surface area contributed by atoms with Crippen molar-refractivity contribution in [3.8, 4) is 5.75 Å². The van der Waals surface area contributed by atoms with Crippen LogP contribution < -0.4 is 10.1 Å². The van der Waals surface area contributed by atoms with Crippen molar-refractivity contribution in [1.82, 2.24) is 10.2 Å². The van der Waals surface area contributed by atoms with Crippen molar-refractivity contribution in [2.45, 2.75) is 6.61 Å². The highest BCUT2D eigenvalue weighted by molar-refractivity contribution is 7.80. The second kappa shape index (κ2) is 6.50. The molecule has 0 atom stereocenters. The minimum Gasteiger partial charge on any atom is -0.467 e. The van der Waals surface area contributed by atoms with Crippen molar-refractivity contribution in [2.24, 2.45) is 0 Å². The van der Waals surface area contributed by atoms with Crippen LogP contribution in [0.1, 0.15) is 11.1 Å².